The van der Waals surface area contributed by atoms with E-state index in [9.17, 15) is 0 Å². The van der Waals surface area contributed by atoms with E-state index in [1.165, 1.54) is 17.8 Å². The van der Waals surface area contributed by atoms with Crippen LogP contribution in [0, 0.1) is 0 Å². The second kappa shape index (κ2) is 6.28. The SMILES string of the molecule is CCCC(O[Si](C)(C)C)=C(CC)CC. The molecule has 14 heavy (non-hydrogen) atoms. The van der Waals surface area contributed by atoms with Crippen LogP contribution in [0.25, 0.3) is 0 Å². The Kier molecular flexibility index (Phi) is 6.17. The van der Waals surface area contributed by atoms with Crippen molar-refractivity contribution in [3.63, 3.8) is 0 Å². The minimum atomic E-state index is -1.41. The van der Waals surface area contributed by atoms with Crippen LogP contribution in [0.15, 0.2) is 11.3 Å². The molecule has 1 nitrogen and oxygen atoms in total. The van der Waals surface area contributed by atoms with Crippen molar-refractivity contribution in [2.45, 2.75) is 66.1 Å². The van der Waals surface area contributed by atoms with Gasteiger partial charge in [0.1, 0.15) is 0 Å². The molecule has 0 aliphatic carbocycles. The number of allylic oxidation sites excluding steroid dienone is 2. The molecule has 0 saturated carbocycles. The van der Waals surface area contributed by atoms with E-state index in [4.69, 9.17) is 4.43 Å². The molecule has 0 rings (SSSR count). The van der Waals surface area contributed by atoms with Gasteiger partial charge in [-0.15, -0.1) is 0 Å². The van der Waals surface area contributed by atoms with Gasteiger partial charge in [-0.1, -0.05) is 20.8 Å². The summed E-state index contributed by atoms with van der Waals surface area (Å²) in [5, 5.41) is 0. The van der Waals surface area contributed by atoms with Crippen LogP contribution in [0.1, 0.15) is 46.5 Å². The van der Waals surface area contributed by atoms with Gasteiger partial charge in [0.05, 0.1) is 5.76 Å². The van der Waals surface area contributed by atoms with Crippen molar-refractivity contribution >= 4 is 8.32 Å². The number of rotatable bonds is 6. The van der Waals surface area contributed by atoms with Gasteiger partial charge in [0.25, 0.3) is 0 Å². The van der Waals surface area contributed by atoms with E-state index in [1.807, 2.05) is 0 Å². The van der Waals surface area contributed by atoms with E-state index >= 15 is 0 Å². The maximum Gasteiger partial charge on any atom is 0.241 e. The zero-order chi connectivity index (χ0) is 11.2. The molecule has 84 valence electrons. The van der Waals surface area contributed by atoms with Crippen molar-refractivity contribution in [2.24, 2.45) is 0 Å². The lowest BCUT2D eigenvalue weighted by atomic mass is 10.1. The van der Waals surface area contributed by atoms with Crippen LogP contribution in [-0.4, -0.2) is 8.32 Å². The Morgan fingerprint density at radius 3 is 1.79 bits per heavy atom. The van der Waals surface area contributed by atoms with Gasteiger partial charge < -0.3 is 4.43 Å². The molecule has 0 bridgehead atoms. The lowest BCUT2D eigenvalue weighted by Crippen LogP contribution is -2.25. The average molecular weight is 214 g/mol. The summed E-state index contributed by atoms with van der Waals surface area (Å²) in [4.78, 5) is 0. The van der Waals surface area contributed by atoms with E-state index in [2.05, 4.69) is 40.4 Å². The Hall–Kier alpha value is -0.243. The predicted octanol–water partition coefficient (Wildman–Crippen LogP) is 4.71. The molecule has 2 heteroatoms. The Balaban J connectivity index is 4.64. The third-order valence-electron chi connectivity index (χ3n) is 2.15. The largest absolute Gasteiger partial charge is 0.547 e. The smallest absolute Gasteiger partial charge is 0.241 e. The van der Waals surface area contributed by atoms with Crippen LogP contribution in [0.5, 0.6) is 0 Å². The van der Waals surface area contributed by atoms with Gasteiger partial charge in [-0.3, -0.25) is 0 Å². The average Bonchev–Trinajstić information content (AvgIpc) is 2.04. The van der Waals surface area contributed by atoms with E-state index in [1.54, 1.807) is 0 Å². The van der Waals surface area contributed by atoms with Crippen LogP contribution in [0.4, 0.5) is 0 Å². The number of hydrogen-bond donors (Lipinski definition) is 0. The summed E-state index contributed by atoms with van der Waals surface area (Å²) in [6.45, 7) is 13.4. The minimum Gasteiger partial charge on any atom is -0.547 e. The standard InChI is InChI=1S/C12H26OSi/c1-7-10-12(11(8-2)9-3)13-14(4,5)6/h7-10H2,1-6H3. The molecule has 0 spiro atoms. The van der Waals surface area contributed by atoms with E-state index in [0.717, 1.165) is 19.3 Å². The van der Waals surface area contributed by atoms with Gasteiger partial charge in [-0.05, 0) is 44.5 Å². The summed E-state index contributed by atoms with van der Waals surface area (Å²) in [6.07, 6.45) is 4.57. The highest BCUT2D eigenvalue weighted by Crippen LogP contribution is 2.22. The van der Waals surface area contributed by atoms with Crippen LogP contribution < -0.4 is 0 Å². The second-order valence-electron chi connectivity index (χ2n) is 4.70. The molecule has 0 heterocycles. The first-order chi connectivity index (χ1) is 6.44. The highest BCUT2D eigenvalue weighted by Gasteiger charge is 2.18. The molecular formula is C12H26OSi. The zero-order valence-electron chi connectivity index (χ0n) is 10.7. The highest BCUT2D eigenvalue weighted by molar-refractivity contribution is 6.70. The van der Waals surface area contributed by atoms with Crippen LogP contribution >= 0.6 is 0 Å². The fraction of sp³-hybridized carbons (Fsp3) is 0.833. The third-order valence-corrected chi connectivity index (χ3v) is 3.01. The Bertz CT molecular complexity index is 183. The molecule has 0 fully saturated rings. The summed E-state index contributed by atoms with van der Waals surface area (Å²) in [5.74, 6) is 1.29. The van der Waals surface area contributed by atoms with Crippen molar-refractivity contribution in [1.29, 1.82) is 0 Å². The molecule has 0 aliphatic heterocycles. The van der Waals surface area contributed by atoms with E-state index in [0.29, 0.717) is 0 Å². The maximum atomic E-state index is 6.14. The first-order valence-corrected chi connectivity index (χ1v) is 9.25. The van der Waals surface area contributed by atoms with Gasteiger partial charge in [0, 0.05) is 6.42 Å². The molecule has 0 aromatic rings. The molecule has 0 unspecified atom stereocenters. The van der Waals surface area contributed by atoms with Crippen molar-refractivity contribution < 1.29 is 4.43 Å². The molecule has 0 aromatic heterocycles. The third kappa shape index (κ3) is 5.48. The molecule has 0 aliphatic rings. The van der Waals surface area contributed by atoms with Gasteiger partial charge in [-0.25, -0.2) is 0 Å². The predicted molar refractivity (Wildman–Crippen MR) is 66.9 cm³/mol. The summed E-state index contributed by atoms with van der Waals surface area (Å²) < 4.78 is 6.14. The molecule has 0 radical (unpaired) electrons. The van der Waals surface area contributed by atoms with Crippen molar-refractivity contribution in [1.82, 2.24) is 0 Å². The first kappa shape index (κ1) is 13.8. The fourth-order valence-electron chi connectivity index (χ4n) is 1.54. The van der Waals surface area contributed by atoms with E-state index in [-0.39, 0.29) is 0 Å². The quantitative estimate of drug-likeness (QED) is 0.459. The lowest BCUT2D eigenvalue weighted by Gasteiger charge is -2.24. The molecule has 0 saturated heterocycles. The molecule has 0 atom stereocenters. The topological polar surface area (TPSA) is 9.23 Å². The van der Waals surface area contributed by atoms with Gasteiger partial charge >= 0.3 is 0 Å². The monoisotopic (exact) mass is 214 g/mol. The van der Waals surface area contributed by atoms with E-state index < -0.39 is 8.32 Å². The Morgan fingerprint density at radius 2 is 1.50 bits per heavy atom. The van der Waals surface area contributed by atoms with Crippen LogP contribution in [0.2, 0.25) is 19.6 Å². The van der Waals surface area contributed by atoms with Crippen molar-refractivity contribution in [2.75, 3.05) is 0 Å². The normalized spacial score (nSPS) is 11.3. The van der Waals surface area contributed by atoms with Gasteiger partial charge in [0.2, 0.25) is 8.32 Å². The summed E-state index contributed by atoms with van der Waals surface area (Å²) in [5.41, 5.74) is 1.51. The molecule has 0 aromatic carbocycles. The van der Waals surface area contributed by atoms with Crippen molar-refractivity contribution in [3.8, 4) is 0 Å². The van der Waals surface area contributed by atoms with Crippen LogP contribution in [0.3, 0.4) is 0 Å². The fourth-order valence-corrected chi connectivity index (χ4v) is 2.53. The summed E-state index contributed by atoms with van der Waals surface area (Å²) in [7, 11) is -1.41. The van der Waals surface area contributed by atoms with Gasteiger partial charge in [0.15, 0.2) is 0 Å². The summed E-state index contributed by atoms with van der Waals surface area (Å²) in [6, 6.07) is 0. The first-order valence-electron chi connectivity index (χ1n) is 5.84. The van der Waals surface area contributed by atoms with Crippen molar-refractivity contribution in [3.05, 3.63) is 11.3 Å². The molecular weight excluding hydrogens is 188 g/mol. The Morgan fingerprint density at radius 1 is 1.00 bits per heavy atom. The molecule has 0 N–H and O–H groups in total. The summed E-state index contributed by atoms with van der Waals surface area (Å²) >= 11 is 0. The number of hydrogen-bond acceptors (Lipinski definition) is 1. The minimum absolute atomic E-state index is 1.11. The highest BCUT2D eigenvalue weighted by atomic mass is 28.4. The van der Waals surface area contributed by atoms with Gasteiger partial charge in [-0.2, -0.15) is 0 Å². The zero-order valence-corrected chi connectivity index (χ0v) is 11.7. The molecule has 0 amide bonds. The lowest BCUT2D eigenvalue weighted by molar-refractivity contribution is 0.386. The Labute approximate surface area is 90.7 Å². The van der Waals surface area contributed by atoms with Crippen LogP contribution in [-0.2, 0) is 4.43 Å². The maximum absolute atomic E-state index is 6.14. The second-order valence-corrected chi connectivity index (χ2v) is 9.13.